The molecule has 0 amide bonds. The van der Waals surface area contributed by atoms with E-state index in [1.54, 1.807) is 31.6 Å². The average Bonchev–Trinajstić information content (AvgIpc) is 2.77. The summed E-state index contributed by atoms with van der Waals surface area (Å²) in [4.78, 5) is 1.03. The van der Waals surface area contributed by atoms with E-state index in [0.717, 1.165) is 19.8 Å². The van der Waals surface area contributed by atoms with E-state index < -0.39 is 0 Å². The number of alkyl halides is 1. The number of benzene rings is 1. The normalized spacial score (nSPS) is 12.3. The van der Waals surface area contributed by atoms with Crippen molar-refractivity contribution < 1.29 is 9.47 Å². The van der Waals surface area contributed by atoms with E-state index in [0.29, 0.717) is 16.5 Å². The van der Waals surface area contributed by atoms with Crippen molar-refractivity contribution >= 4 is 50.5 Å². The van der Waals surface area contributed by atoms with Gasteiger partial charge in [0.1, 0.15) is 0 Å². The number of ether oxygens (including phenoxy) is 2. The average molecular weight is 396 g/mol. The summed E-state index contributed by atoms with van der Waals surface area (Å²) in [6.07, 6.45) is 0. The van der Waals surface area contributed by atoms with Gasteiger partial charge in [-0.1, -0.05) is 11.6 Å². The summed E-state index contributed by atoms with van der Waals surface area (Å²) in [5, 5.41) is 0.238. The van der Waals surface area contributed by atoms with Gasteiger partial charge in [-0.2, -0.15) is 0 Å². The Hall–Kier alpha value is -0.420. The number of thiophene rings is 1. The first-order valence-corrected chi connectivity index (χ1v) is 8.21. The van der Waals surface area contributed by atoms with Crippen LogP contribution in [0.2, 0.25) is 5.02 Å². The molecule has 0 saturated heterocycles. The molecule has 0 N–H and O–H groups in total. The molecule has 20 heavy (non-hydrogen) atoms. The summed E-state index contributed by atoms with van der Waals surface area (Å²) in [6, 6.07) is 5.60. The fraction of sp³-hybridized carbons (Fsp3) is 0.286. The van der Waals surface area contributed by atoms with Gasteiger partial charge in [-0.05, 0) is 46.1 Å². The molecule has 108 valence electrons. The van der Waals surface area contributed by atoms with E-state index in [9.17, 15) is 0 Å². The molecule has 1 heterocycles. The van der Waals surface area contributed by atoms with Crippen LogP contribution in [0.3, 0.4) is 0 Å². The molecule has 1 unspecified atom stereocenters. The first kappa shape index (κ1) is 16.0. The third-order valence-electron chi connectivity index (χ3n) is 2.90. The number of methoxy groups -OCH3 is 2. The minimum Gasteiger partial charge on any atom is -0.493 e. The lowest BCUT2D eigenvalue weighted by atomic mass is 10.1. The van der Waals surface area contributed by atoms with Crippen LogP contribution in [-0.4, -0.2) is 14.2 Å². The van der Waals surface area contributed by atoms with E-state index in [2.05, 4.69) is 22.0 Å². The Morgan fingerprint density at radius 2 is 1.75 bits per heavy atom. The van der Waals surface area contributed by atoms with E-state index in [4.69, 9.17) is 32.7 Å². The zero-order valence-electron chi connectivity index (χ0n) is 11.2. The second kappa shape index (κ2) is 6.56. The quantitative estimate of drug-likeness (QED) is 0.607. The number of rotatable bonds is 4. The van der Waals surface area contributed by atoms with Gasteiger partial charge in [0, 0.05) is 16.0 Å². The molecule has 0 aliphatic heterocycles. The van der Waals surface area contributed by atoms with E-state index in [-0.39, 0.29) is 5.38 Å². The molecule has 0 bridgehead atoms. The molecule has 0 fully saturated rings. The lowest BCUT2D eigenvalue weighted by molar-refractivity contribution is 0.354. The fourth-order valence-corrected chi connectivity index (χ4v) is 4.09. The SMILES string of the molecule is COc1cc(Cl)c(C(Cl)c2cc(C)c(Br)s2)cc1OC. The molecule has 2 aromatic rings. The molecule has 2 nitrogen and oxygen atoms in total. The highest BCUT2D eigenvalue weighted by Crippen LogP contribution is 2.43. The van der Waals surface area contributed by atoms with Gasteiger partial charge in [0.25, 0.3) is 0 Å². The van der Waals surface area contributed by atoms with Crippen LogP contribution in [0.15, 0.2) is 22.0 Å². The maximum atomic E-state index is 6.56. The molecule has 0 saturated carbocycles. The van der Waals surface area contributed by atoms with Gasteiger partial charge in [0.05, 0.1) is 23.4 Å². The van der Waals surface area contributed by atoms with Gasteiger partial charge < -0.3 is 9.47 Å². The van der Waals surface area contributed by atoms with E-state index in [1.807, 2.05) is 13.0 Å². The maximum absolute atomic E-state index is 6.56. The predicted octanol–water partition coefficient (Wildman–Crippen LogP) is 5.82. The molecule has 1 aromatic carbocycles. The smallest absolute Gasteiger partial charge is 0.162 e. The van der Waals surface area contributed by atoms with Gasteiger partial charge in [0.2, 0.25) is 0 Å². The van der Waals surface area contributed by atoms with Crippen molar-refractivity contribution in [2.75, 3.05) is 14.2 Å². The van der Waals surface area contributed by atoms with Crippen molar-refractivity contribution in [1.29, 1.82) is 0 Å². The Kier molecular flexibility index (Phi) is 5.24. The van der Waals surface area contributed by atoms with Crippen LogP contribution >= 0.6 is 50.5 Å². The minimum atomic E-state index is -0.322. The van der Waals surface area contributed by atoms with Crippen LogP contribution in [-0.2, 0) is 0 Å². The minimum absolute atomic E-state index is 0.322. The van der Waals surface area contributed by atoms with Crippen molar-refractivity contribution in [2.24, 2.45) is 0 Å². The van der Waals surface area contributed by atoms with Gasteiger partial charge in [-0.15, -0.1) is 22.9 Å². The topological polar surface area (TPSA) is 18.5 Å². The number of hydrogen-bond acceptors (Lipinski definition) is 3. The summed E-state index contributed by atoms with van der Waals surface area (Å²) in [5.41, 5.74) is 1.96. The van der Waals surface area contributed by atoms with Crippen LogP contribution in [0.1, 0.15) is 21.4 Å². The highest BCUT2D eigenvalue weighted by atomic mass is 79.9. The summed E-state index contributed by atoms with van der Waals surface area (Å²) in [7, 11) is 3.16. The zero-order valence-corrected chi connectivity index (χ0v) is 15.1. The predicted molar refractivity (Wildman–Crippen MR) is 89.0 cm³/mol. The number of halogens is 3. The van der Waals surface area contributed by atoms with Crippen LogP contribution in [0.25, 0.3) is 0 Å². The Labute approximate surface area is 140 Å². The Balaban J connectivity index is 2.46. The van der Waals surface area contributed by atoms with Crippen LogP contribution in [0, 0.1) is 6.92 Å². The summed E-state index contributed by atoms with van der Waals surface area (Å²) >= 11 is 18.0. The Morgan fingerprint density at radius 3 is 2.25 bits per heavy atom. The molecule has 0 spiro atoms. The third kappa shape index (κ3) is 3.08. The molecule has 0 aliphatic rings. The highest BCUT2D eigenvalue weighted by Gasteiger charge is 2.20. The van der Waals surface area contributed by atoms with E-state index in [1.165, 1.54) is 0 Å². The van der Waals surface area contributed by atoms with Crippen molar-refractivity contribution in [1.82, 2.24) is 0 Å². The van der Waals surface area contributed by atoms with Crippen LogP contribution < -0.4 is 9.47 Å². The summed E-state index contributed by atoms with van der Waals surface area (Å²) in [6.45, 7) is 2.03. The van der Waals surface area contributed by atoms with E-state index >= 15 is 0 Å². The fourth-order valence-electron chi connectivity index (χ4n) is 1.83. The lowest BCUT2D eigenvalue weighted by Gasteiger charge is -2.14. The summed E-state index contributed by atoms with van der Waals surface area (Å²) < 4.78 is 11.6. The Morgan fingerprint density at radius 1 is 1.15 bits per heavy atom. The molecule has 0 radical (unpaired) electrons. The van der Waals surface area contributed by atoms with Gasteiger partial charge in [-0.25, -0.2) is 0 Å². The molecular weight excluding hydrogens is 383 g/mol. The molecule has 1 aromatic heterocycles. The van der Waals surface area contributed by atoms with Gasteiger partial charge >= 0.3 is 0 Å². The van der Waals surface area contributed by atoms with Gasteiger partial charge in [0.15, 0.2) is 11.5 Å². The zero-order chi connectivity index (χ0) is 14.9. The molecule has 2 rings (SSSR count). The second-order valence-corrected chi connectivity index (χ2v) is 7.44. The molecule has 0 aliphatic carbocycles. The number of aryl methyl sites for hydroxylation is 1. The Bertz CT molecular complexity index is 608. The van der Waals surface area contributed by atoms with Crippen molar-refractivity contribution in [3.05, 3.63) is 43.0 Å². The third-order valence-corrected chi connectivity index (χ3v) is 6.03. The van der Waals surface area contributed by atoms with Gasteiger partial charge in [-0.3, -0.25) is 0 Å². The second-order valence-electron chi connectivity index (χ2n) is 4.20. The van der Waals surface area contributed by atoms with Crippen molar-refractivity contribution in [3.8, 4) is 11.5 Å². The first-order valence-electron chi connectivity index (χ1n) is 5.79. The first-order chi connectivity index (χ1) is 9.47. The monoisotopic (exact) mass is 394 g/mol. The maximum Gasteiger partial charge on any atom is 0.162 e. The lowest BCUT2D eigenvalue weighted by Crippen LogP contribution is -1.96. The molecule has 1 atom stereocenters. The molecular formula is C14H13BrCl2O2S. The van der Waals surface area contributed by atoms with Crippen molar-refractivity contribution in [2.45, 2.75) is 12.3 Å². The number of hydrogen-bond donors (Lipinski definition) is 0. The van der Waals surface area contributed by atoms with Crippen LogP contribution in [0.5, 0.6) is 11.5 Å². The van der Waals surface area contributed by atoms with Crippen LogP contribution in [0.4, 0.5) is 0 Å². The van der Waals surface area contributed by atoms with Crippen molar-refractivity contribution in [3.63, 3.8) is 0 Å². The standard InChI is InChI=1S/C14H13BrCl2O2S/c1-7-4-12(20-14(7)15)13(17)8-5-10(18-2)11(19-3)6-9(8)16/h4-6,13H,1-3H3. The molecule has 6 heteroatoms. The largest absolute Gasteiger partial charge is 0.493 e. The highest BCUT2D eigenvalue weighted by molar-refractivity contribution is 9.11. The summed E-state index contributed by atoms with van der Waals surface area (Å²) in [5.74, 6) is 1.21.